The second-order valence-electron chi connectivity index (χ2n) is 6.40. The number of hydrogen-bond acceptors (Lipinski definition) is 4. The van der Waals surface area contributed by atoms with E-state index in [1.807, 2.05) is 0 Å². The zero-order chi connectivity index (χ0) is 12.7. The van der Waals surface area contributed by atoms with E-state index in [0.29, 0.717) is 17.9 Å². The van der Waals surface area contributed by atoms with Crippen LogP contribution in [0.4, 0.5) is 0 Å². The van der Waals surface area contributed by atoms with E-state index in [1.54, 1.807) is 6.92 Å². The van der Waals surface area contributed by atoms with Crippen LogP contribution in [0.25, 0.3) is 0 Å². The quantitative estimate of drug-likeness (QED) is 0.550. The summed E-state index contributed by atoms with van der Waals surface area (Å²) in [6, 6.07) is 0. The highest BCUT2D eigenvalue weighted by atomic mass is 16.6. The zero-order valence-electron chi connectivity index (χ0n) is 10.4. The Morgan fingerprint density at radius 3 is 2.94 bits per heavy atom. The van der Waals surface area contributed by atoms with E-state index in [1.165, 1.54) is 0 Å². The molecule has 4 fully saturated rings. The Morgan fingerprint density at radius 2 is 2.22 bits per heavy atom. The van der Waals surface area contributed by atoms with Crippen LogP contribution in [0.15, 0.2) is 12.2 Å². The summed E-state index contributed by atoms with van der Waals surface area (Å²) < 4.78 is 11.2. The van der Waals surface area contributed by atoms with Crippen LogP contribution in [0.1, 0.15) is 32.6 Å². The van der Waals surface area contributed by atoms with Gasteiger partial charge in [0.25, 0.3) is 0 Å². The van der Waals surface area contributed by atoms with Crippen LogP contribution in [0.2, 0.25) is 0 Å². The molecular weight excluding hydrogens is 232 g/mol. The van der Waals surface area contributed by atoms with E-state index >= 15 is 0 Å². The van der Waals surface area contributed by atoms with Crippen LogP contribution >= 0.6 is 0 Å². The number of ether oxygens (including phenoxy) is 2. The van der Waals surface area contributed by atoms with Crippen molar-refractivity contribution in [1.29, 1.82) is 0 Å². The van der Waals surface area contributed by atoms with E-state index < -0.39 is 5.60 Å². The fourth-order valence-corrected chi connectivity index (χ4v) is 4.95. The average Bonchev–Trinajstić information content (AvgIpc) is 2.86. The van der Waals surface area contributed by atoms with E-state index in [2.05, 4.69) is 6.58 Å². The van der Waals surface area contributed by atoms with Crippen molar-refractivity contribution in [3.63, 3.8) is 0 Å². The number of carbonyl (C=O) groups is 2. The normalized spacial score (nSPS) is 50.5. The van der Waals surface area contributed by atoms with Crippen LogP contribution in [0.3, 0.4) is 0 Å². The first-order valence-corrected chi connectivity index (χ1v) is 6.58. The second-order valence-corrected chi connectivity index (χ2v) is 6.40. The van der Waals surface area contributed by atoms with Gasteiger partial charge in [0, 0.05) is 12.0 Å². The molecule has 1 saturated heterocycles. The van der Waals surface area contributed by atoms with Crippen LogP contribution in [-0.4, -0.2) is 23.6 Å². The summed E-state index contributed by atoms with van der Waals surface area (Å²) in [6.45, 7) is 5.29. The molecule has 0 radical (unpaired) electrons. The molecule has 96 valence electrons. The van der Waals surface area contributed by atoms with Gasteiger partial charge in [0.2, 0.25) is 0 Å². The van der Waals surface area contributed by atoms with E-state index in [9.17, 15) is 9.59 Å². The molecule has 0 aromatic carbocycles. The van der Waals surface area contributed by atoms with Crippen molar-refractivity contribution in [3.8, 4) is 0 Å². The van der Waals surface area contributed by atoms with Crippen LogP contribution in [-0.2, 0) is 19.1 Å². The van der Waals surface area contributed by atoms with E-state index in [0.717, 1.165) is 19.3 Å². The number of carbonyl (C=O) groups excluding carboxylic acids is 2. The Kier molecular flexibility index (Phi) is 1.65. The molecule has 0 aromatic rings. The van der Waals surface area contributed by atoms with Gasteiger partial charge in [0.15, 0.2) is 0 Å². The molecule has 1 spiro atoms. The standard InChI is InChI=1S/C14H16O4/c1-7(2)11(15)18-13-4-8-3-9-12(16)17-10(6-13)14(9,13)5-8/h8-10H,1,3-6H2,2H3. The van der Waals surface area contributed by atoms with Crippen LogP contribution in [0.5, 0.6) is 0 Å². The smallest absolute Gasteiger partial charge is 0.333 e. The molecule has 5 unspecified atom stereocenters. The lowest BCUT2D eigenvalue weighted by Gasteiger charge is -2.56. The number of fused-ring (bicyclic) bond motifs is 1. The topological polar surface area (TPSA) is 52.6 Å². The maximum atomic E-state index is 11.9. The summed E-state index contributed by atoms with van der Waals surface area (Å²) in [5.74, 6) is 0.0858. The number of esters is 2. The Labute approximate surface area is 105 Å². The average molecular weight is 248 g/mol. The summed E-state index contributed by atoms with van der Waals surface area (Å²) in [5, 5.41) is 0. The highest BCUT2D eigenvalue weighted by Gasteiger charge is 2.83. The minimum Gasteiger partial charge on any atom is -0.461 e. The first-order chi connectivity index (χ1) is 8.48. The Hall–Kier alpha value is -1.32. The van der Waals surface area contributed by atoms with Crippen molar-refractivity contribution in [2.45, 2.75) is 44.3 Å². The number of hydrogen-bond donors (Lipinski definition) is 0. The van der Waals surface area contributed by atoms with Gasteiger partial charge in [0.05, 0.1) is 11.3 Å². The highest BCUT2D eigenvalue weighted by molar-refractivity contribution is 5.88. The molecule has 0 amide bonds. The predicted octanol–water partition coefficient (Wildman–Crippen LogP) is 1.59. The lowest BCUT2D eigenvalue weighted by atomic mass is 9.51. The van der Waals surface area contributed by atoms with Crippen molar-refractivity contribution in [1.82, 2.24) is 0 Å². The predicted molar refractivity (Wildman–Crippen MR) is 61.4 cm³/mol. The fourth-order valence-electron chi connectivity index (χ4n) is 4.95. The van der Waals surface area contributed by atoms with Gasteiger partial charge >= 0.3 is 11.9 Å². The Bertz CT molecular complexity index is 496. The van der Waals surface area contributed by atoms with Crippen molar-refractivity contribution in [3.05, 3.63) is 12.2 Å². The third kappa shape index (κ3) is 0.886. The molecule has 4 heteroatoms. The largest absolute Gasteiger partial charge is 0.461 e. The molecule has 0 aromatic heterocycles. The van der Waals surface area contributed by atoms with Crippen LogP contribution < -0.4 is 0 Å². The molecule has 0 N–H and O–H groups in total. The van der Waals surface area contributed by atoms with Crippen LogP contribution in [0, 0.1) is 17.3 Å². The minimum absolute atomic E-state index is 0.0135. The summed E-state index contributed by atoms with van der Waals surface area (Å²) in [7, 11) is 0. The lowest BCUT2D eigenvalue weighted by molar-refractivity contribution is -0.231. The van der Waals surface area contributed by atoms with Gasteiger partial charge in [-0.2, -0.15) is 0 Å². The second kappa shape index (κ2) is 2.81. The minimum atomic E-state index is -0.437. The SMILES string of the molecule is C=C(C)C(=O)OC12CC3CC4C(=O)OC(C1)C42C3. The monoisotopic (exact) mass is 248 g/mol. The van der Waals surface area contributed by atoms with Gasteiger partial charge in [-0.1, -0.05) is 6.58 Å². The first-order valence-electron chi connectivity index (χ1n) is 6.58. The Balaban J connectivity index is 1.71. The molecule has 4 aliphatic rings. The van der Waals surface area contributed by atoms with Crippen molar-refractivity contribution in [2.24, 2.45) is 17.3 Å². The molecule has 2 bridgehead atoms. The van der Waals surface area contributed by atoms with Gasteiger partial charge in [-0.05, 0) is 32.1 Å². The molecule has 3 aliphatic carbocycles. The molecule has 4 rings (SSSR count). The molecule has 3 saturated carbocycles. The summed E-state index contributed by atoms with van der Waals surface area (Å²) in [5.41, 5.74) is -0.207. The third-order valence-electron chi connectivity index (χ3n) is 5.55. The number of rotatable bonds is 2. The van der Waals surface area contributed by atoms with Gasteiger partial charge in [-0.15, -0.1) is 0 Å². The molecule has 4 nitrogen and oxygen atoms in total. The lowest BCUT2D eigenvalue weighted by Crippen LogP contribution is -2.66. The summed E-state index contributed by atoms with van der Waals surface area (Å²) in [6.07, 6.45) is 3.47. The van der Waals surface area contributed by atoms with E-state index in [4.69, 9.17) is 9.47 Å². The van der Waals surface area contributed by atoms with Gasteiger partial charge in [-0.3, -0.25) is 4.79 Å². The van der Waals surface area contributed by atoms with Crippen molar-refractivity contribution < 1.29 is 19.1 Å². The summed E-state index contributed by atoms with van der Waals surface area (Å²) in [4.78, 5) is 23.7. The van der Waals surface area contributed by atoms with Gasteiger partial charge < -0.3 is 9.47 Å². The third-order valence-corrected chi connectivity index (χ3v) is 5.55. The molecule has 1 heterocycles. The van der Waals surface area contributed by atoms with Crippen molar-refractivity contribution in [2.75, 3.05) is 0 Å². The van der Waals surface area contributed by atoms with Crippen molar-refractivity contribution >= 4 is 11.9 Å². The maximum Gasteiger partial charge on any atom is 0.333 e. The maximum absolute atomic E-state index is 11.9. The molecule has 18 heavy (non-hydrogen) atoms. The molecular formula is C14H16O4. The zero-order valence-corrected chi connectivity index (χ0v) is 10.4. The molecule has 1 aliphatic heterocycles. The van der Waals surface area contributed by atoms with Gasteiger partial charge in [0.1, 0.15) is 11.7 Å². The molecule has 5 atom stereocenters. The fraction of sp³-hybridized carbons (Fsp3) is 0.714. The Morgan fingerprint density at radius 1 is 1.44 bits per heavy atom. The highest BCUT2D eigenvalue weighted by Crippen LogP contribution is 2.76. The van der Waals surface area contributed by atoms with E-state index in [-0.39, 0.29) is 29.4 Å². The van der Waals surface area contributed by atoms with Gasteiger partial charge in [-0.25, -0.2) is 4.79 Å². The first kappa shape index (κ1) is 10.6. The summed E-state index contributed by atoms with van der Waals surface area (Å²) >= 11 is 0.